The largest absolute Gasteiger partial charge is 0.426 e. The maximum Gasteiger partial charge on any atom is 0.308 e. The van der Waals surface area contributed by atoms with Gasteiger partial charge in [-0.05, 0) is 35.4 Å². The van der Waals surface area contributed by atoms with Crippen LogP contribution in [0.2, 0.25) is 0 Å². The summed E-state index contributed by atoms with van der Waals surface area (Å²) >= 11 is 0. The van der Waals surface area contributed by atoms with Crippen LogP contribution in [0.25, 0.3) is 0 Å². The molecule has 36 heavy (non-hydrogen) atoms. The smallest absolute Gasteiger partial charge is 0.308 e. The molecule has 3 aromatic carbocycles. The Hall–Kier alpha value is -4.46. The molecule has 0 radical (unpaired) electrons. The number of hydrogen-bond acceptors (Lipinski definition) is 8. The Labute approximate surface area is 206 Å². The van der Waals surface area contributed by atoms with Gasteiger partial charge in [-0.15, -0.1) is 0 Å². The van der Waals surface area contributed by atoms with Gasteiger partial charge in [-0.2, -0.15) is 0 Å². The third-order valence-corrected chi connectivity index (χ3v) is 6.20. The first-order valence-electron chi connectivity index (χ1n) is 11.3. The molecule has 0 heterocycles. The van der Waals surface area contributed by atoms with Crippen LogP contribution in [0.5, 0.6) is 23.0 Å². The summed E-state index contributed by atoms with van der Waals surface area (Å²) in [5, 5.41) is 0. The molecular formula is C28H22O8. The van der Waals surface area contributed by atoms with E-state index in [0.717, 1.165) is 11.1 Å². The molecule has 6 rings (SSSR count). The summed E-state index contributed by atoms with van der Waals surface area (Å²) in [6, 6.07) is 14.0. The molecule has 0 atom stereocenters. The van der Waals surface area contributed by atoms with Crippen LogP contribution in [-0.4, -0.2) is 23.9 Å². The standard InChI is InChI=1S/C28H22O8/c1-13(29)33-19-9-10-20(34-14(2)30)26-24-18-8-6-5-7-17(18)23(25(19)26)27-21(35-15(3)31)11-12-22(28(24)27)36-16(4)32/h5-12,23-24H,1-4H3. The number of ether oxygens (including phenoxy) is 4. The molecule has 2 bridgehead atoms. The fourth-order valence-electron chi connectivity index (χ4n) is 5.31. The van der Waals surface area contributed by atoms with Crippen molar-refractivity contribution in [2.45, 2.75) is 39.5 Å². The summed E-state index contributed by atoms with van der Waals surface area (Å²) in [6.45, 7) is 5.22. The molecule has 0 unspecified atom stereocenters. The van der Waals surface area contributed by atoms with E-state index in [1.165, 1.54) is 27.7 Å². The first kappa shape index (κ1) is 23.3. The minimum Gasteiger partial charge on any atom is -0.426 e. The average Bonchev–Trinajstić information content (AvgIpc) is 2.80. The Morgan fingerprint density at radius 3 is 0.944 bits per heavy atom. The van der Waals surface area contributed by atoms with E-state index in [2.05, 4.69) is 0 Å². The first-order valence-corrected chi connectivity index (χ1v) is 11.3. The summed E-state index contributed by atoms with van der Waals surface area (Å²) in [5.74, 6) is -1.97. The number of benzene rings is 3. The van der Waals surface area contributed by atoms with Crippen molar-refractivity contribution in [2.75, 3.05) is 0 Å². The summed E-state index contributed by atoms with van der Waals surface area (Å²) in [4.78, 5) is 48.0. The molecule has 0 fully saturated rings. The Bertz CT molecular complexity index is 1270. The maximum absolute atomic E-state index is 12.0. The van der Waals surface area contributed by atoms with Crippen LogP contribution < -0.4 is 18.9 Å². The van der Waals surface area contributed by atoms with Gasteiger partial charge in [0.1, 0.15) is 23.0 Å². The Morgan fingerprint density at radius 1 is 0.472 bits per heavy atom. The third-order valence-electron chi connectivity index (χ3n) is 6.20. The summed E-state index contributed by atoms with van der Waals surface area (Å²) in [7, 11) is 0. The molecule has 182 valence electrons. The van der Waals surface area contributed by atoms with Crippen molar-refractivity contribution in [3.63, 3.8) is 0 Å². The molecule has 8 nitrogen and oxygen atoms in total. The van der Waals surface area contributed by atoms with Crippen LogP contribution in [0.15, 0.2) is 48.5 Å². The van der Waals surface area contributed by atoms with Gasteiger partial charge in [0.15, 0.2) is 0 Å². The SMILES string of the molecule is CC(=O)Oc1ccc(OC(C)=O)c2c1C1c3ccccc3C2c2c(OC(C)=O)ccc(OC(C)=O)c21. The van der Waals surface area contributed by atoms with Gasteiger partial charge in [0.25, 0.3) is 0 Å². The normalized spacial score (nSPS) is 16.2. The quantitative estimate of drug-likeness (QED) is 0.272. The average molecular weight is 486 g/mol. The topological polar surface area (TPSA) is 105 Å². The predicted molar refractivity (Wildman–Crippen MR) is 126 cm³/mol. The molecule has 0 N–H and O–H groups in total. The molecule has 3 aliphatic rings. The molecule has 0 spiro atoms. The van der Waals surface area contributed by atoms with E-state index in [0.29, 0.717) is 45.3 Å². The van der Waals surface area contributed by atoms with E-state index in [9.17, 15) is 19.2 Å². The zero-order chi connectivity index (χ0) is 25.7. The molecule has 0 amide bonds. The highest BCUT2D eigenvalue weighted by atomic mass is 16.5. The Kier molecular flexibility index (Phi) is 5.59. The lowest BCUT2D eigenvalue weighted by molar-refractivity contribution is -0.133. The van der Waals surface area contributed by atoms with Crippen molar-refractivity contribution >= 4 is 23.9 Å². The maximum atomic E-state index is 12.0. The molecule has 0 aliphatic heterocycles. The zero-order valence-electron chi connectivity index (χ0n) is 20.0. The van der Waals surface area contributed by atoms with Crippen LogP contribution >= 0.6 is 0 Å². The van der Waals surface area contributed by atoms with Crippen LogP contribution in [0.1, 0.15) is 72.9 Å². The Balaban J connectivity index is 1.91. The molecule has 0 aromatic heterocycles. The van der Waals surface area contributed by atoms with E-state index in [1.807, 2.05) is 24.3 Å². The van der Waals surface area contributed by atoms with Crippen LogP contribution in [0.3, 0.4) is 0 Å². The number of carbonyl (C=O) groups is 4. The lowest BCUT2D eigenvalue weighted by atomic mass is 9.60. The molecule has 8 heteroatoms. The minimum absolute atomic E-state index is 0.301. The third kappa shape index (κ3) is 3.71. The summed E-state index contributed by atoms with van der Waals surface area (Å²) < 4.78 is 22.4. The molecular weight excluding hydrogens is 464 g/mol. The van der Waals surface area contributed by atoms with E-state index in [-0.39, 0.29) is 0 Å². The van der Waals surface area contributed by atoms with Gasteiger partial charge < -0.3 is 18.9 Å². The minimum atomic E-state index is -0.564. The van der Waals surface area contributed by atoms with E-state index in [4.69, 9.17) is 18.9 Å². The molecule has 3 aromatic rings. The van der Waals surface area contributed by atoms with Crippen LogP contribution in [-0.2, 0) is 19.2 Å². The van der Waals surface area contributed by atoms with E-state index < -0.39 is 35.7 Å². The second kappa shape index (κ2) is 8.64. The number of esters is 4. The predicted octanol–water partition coefficient (Wildman–Crippen LogP) is 4.38. The van der Waals surface area contributed by atoms with E-state index in [1.54, 1.807) is 24.3 Å². The van der Waals surface area contributed by atoms with Crippen molar-refractivity contribution in [2.24, 2.45) is 0 Å². The van der Waals surface area contributed by atoms with Gasteiger partial charge in [-0.25, -0.2) is 0 Å². The van der Waals surface area contributed by atoms with Crippen molar-refractivity contribution in [1.82, 2.24) is 0 Å². The van der Waals surface area contributed by atoms with Crippen LogP contribution in [0, 0.1) is 0 Å². The lowest BCUT2D eigenvalue weighted by Crippen LogP contribution is -2.30. The highest BCUT2D eigenvalue weighted by Crippen LogP contribution is 2.63. The highest BCUT2D eigenvalue weighted by Gasteiger charge is 2.48. The molecule has 0 saturated carbocycles. The van der Waals surface area contributed by atoms with Crippen molar-refractivity contribution in [3.05, 3.63) is 81.9 Å². The van der Waals surface area contributed by atoms with Gasteiger partial charge in [-0.1, -0.05) is 24.3 Å². The number of hydrogen-bond donors (Lipinski definition) is 0. The number of rotatable bonds is 4. The highest BCUT2D eigenvalue weighted by molar-refractivity contribution is 5.82. The van der Waals surface area contributed by atoms with Crippen molar-refractivity contribution < 1.29 is 38.1 Å². The molecule has 3 aliphatic carbocycles. The molecule has 0 saturated heterocycles. The zero-order valence-corrected chi connectivity index (χ0v) is 20.0. The van der Waals surface area contributed by atoms with E-state index >= 15 is 0 Å². The Morgan fingerprint density at radius 2 is 0.722 bits per heavy atom. The fourth-order valence-corrected chi connectivity index (χ4v) is 5.31. The monoisotopic (exact) mass is 486 g/mol. The summed E-state index contributed by atoms with van der Waals surface area (Å²) in [6.07, 6.45) is 0. The lowest BCUT2D eigenvalue weighted by Gasteiger charge is -2.44. The van der Waals surface area contributed by atoms with Crippen molar-refractivity contribution in [3.8, 4) is 23.0 Å². The fraction of sp³-hybridized carbons (Fsp3) is 0.214. The van der Waals surface area contributed by atoms with Gasteiger partial charge >= 0.3 is 23.9 Å². The van der Waals surface area contributed by atoms with Crippen molar-refractivity contribution in [1.29, 1.82) is 0 Å². The second-order valence-electron chi connectivity index (χ2n) is 8.65. The first-order chi connectivity index (χ1) is 17.2. The van der Waals surface area contributed by atoms with Gasteiger partial charge in [0, 0.05) is 61.8 Å². The number of carbonyl (C=O) groups excluding carboxylic acids is 4. The summed E-state index contributed by atoms with van der Waals surface area (Å²) in [5.41, 5.74) is 4.29. The van der Waals surface area contributed by atoms with Gasteiger partial charge in [0.05, 0.1) is 0 Å². The van der Waals surface area contributed by atoms with Gasteiger partial charge in [0.2, 0.25) is 0 Å². The van der Waals surface area contributed by atoms with Gasteiger partial charge in [-0.3, -0.25) is 19.2 Å². The second-order valence-corrected chi connectivity index (χ2v) is 8.65. The van der Waals surface area contributed by atoms with Crippen LogP contribution in [0.4, 0.5) is 0 Å².